The van der Waals surface area contributed by atoms with Gasteiger partial charge in [0.2, 0.25) is 0 Å². The van der Waals surface area contributed by atoms with Crippen LogP contribution >= 0.6 is 0 Å². The highest BCUT2D eigenvalue weighted by atomic mass is 16.5. The lowest BCUT2D eigenvalue weighted by Crippen LogP contribution is -2.15. The maximum atomic E-state index is 12.1. The van der Waals surface area contributed by atoms with Gasteiger partial charge in [0.15, 0.2) is 0 Å². The summed E-state index contributed by atoms with van der Waals surface area (Å²) in [7, 11) is 3.16. The number of benzene rings is 3. The van der Waals surface area contributed by atoms with E-state index in [1.807, 2.05) is 36.4 Å². The molecule has 7 heteroatoms. The number of carbonyl (C=O) groups is 2. The molecule has 166 valence electrons. The van der Waals surface area contributed by atoms with E-state index in [-0.39, 0.29) is 13.0 Å². The number of hydrogen-bond acceptors (Lipinski definition) is 5. The van der Waals surface area contributed by atoms with Crippen molar-refractivity contribution in [2.45, 2.75) is 12.8 Å². The molecule has 0 spiro atoms. The van der Waals surface area contributed by atoms with Crippen molar-refractivity contribution in [3.63, 3.8) is 0 Å². The summed E-state index contributed by atoms with van der Waals surface area (Å²) >= 11 is 0. The highest BCUT2D eigenvalue weighted by molar-refractivity contribution is 5.84. The van der Waals surface area contributed by atoms with Gasteiger partial charge in [-0.3, -0.25) is 10.1 Å². The van der Waals surface area contributed by atoms with Gasteiger partial charge in [-0.25, -0.2) is 4.79 Å². The molecule has 0 heterocycles. The smallest absolute Gasteiger partial charge is 0.411 e. The average Bonchev–Trinajstić information content (AvgIpc) is 2.79. The van der Waals surface area contributed by atoms with Crippen LogP contribution in [0.4, 0.5) is 10.5 Å². The Kier molecular flexibility index (Phi) is 7.70. The van der Waals surface area contributed by atoms with Crippen LogP contribution in [0.5, 0.6) is 11.5 Å². The molecule has 0 fully saturated rings. The molecular weight excluding hydrogens is 410 g/mol. The van der Waals surface area contributed by atoms with E-state index in [1.54, 1.807) is 44.6 Å². The lowest BCUT2D eigenvalue weighted by atomic mass is 9.98. The quantitative estimate of drug-likeness (QED) is 0.502. The van der Waals surface area contributed by atoms with Crippen LogP contribution in [0, 0.1) is 0 Å². The Morgan fingerprint density at radius 1 is 0.906 bits per heavy atom. The van der Waals surface area contributed by atoms with Gasteiger partial charge >= 0.3 is 12.1 Å². The monoisotopic (exact) mass is 435 g/mol. The summed E-state index contributed by atoms with van der Waals surface area (Å²) < 4.78 is 15.8. The average molecular weight is 435 g/mol. The van der Waals surface area contributed by atoms with Crippen LogP contribution in [-0.2, 0) is 22.4 Å². The minimum atomic E-state index is -0.873. The Labute approximate surface area is 186 Å². The molecule has 0 unspecified atom stereocenters. The molecule has 1 amide bonds. The lowest BCUT2D eigenvalue weighted by Gasteiger charge is -2.12. The molecule has 0 bridgehead atoms. The maximum absolute atomic E-state index is 12.1. The third-order valence-corrected chi connectivity index (χ3v) is 4.84. The third-order valence-electron chi connectivity index (χ3n) is 4.84. The second-order valence-electron chi connectivity index (χ2n) is 7.04. The molecule has 0 aliphatic heterocycles. The summed E-state index contributed by atoms with van der Waals surface area (Å²) in [5, 5.41) is 11.7. The van der Waals surface area contributed by atoms with Crippen molar-refractivity contribution in [2.75, 3.05) is 26.1 Å². The summed E-state index contributed by atoms with van der Waals surface area (Å²) in [5.41, 5.74) is 4.05. The highest BCUT2D eigenvalue weighted by Crippen LogP contribution is 2.28. The van der Waals surface area contributed by atoms with Gasteiger partial charge in [0, 0.05) is 12.1 Å². The molecule has 0 radical (unpaired) electrons. The van der Waals surface area contributed by atoms with Gasteiger partial charge in [-0.05, 0) is 58.7 Å². The van der Waals surface area contributed by atoms with Crippen molar-refractivity contribution < 1.29 is 28.9 Å². The van der Waals surface area contributed by atoms with Crippen LogP contribution < -0.4 is 14.8 Å². The van der Waals surface area contributed by atoms with E-state index in [0.717, 1.165) is 22.3 Å². The Hall–Kier alpha value is -4.00. The molecule has 0 aliphatic carbocycles. The number of carboxylic acids is 1. The van der Waals surface area contributed by atoms with Crippen LogP contribution in [-0.4, -0.2) is 38.0 Å². The number of amides is 1. The Bertz CT molecular complexity index is 1080. The molecule has 0 saturated carbocycles. The van der Waals surface area contributed by atoms with E-state index in [0.29, 0.717) is 23.6 Å². The SMILES string of the molecule is COc1ccc(NC(=O)OCCc2cc(-c3cccc(CC(=O)O)c3)ccc2OC)cc1. The standard InChI is InChI=1S/C25H25NO6/c1-30-22-9-7-21(8-10-22)26-25(29)32-13-12-20-16-19(6-11-23(20)31-2)18-5-3-4-17(14-18)15-24(27)28/h3-11,14,16H,12-13,15H2,1-2H3,(H,26,29)(H,27,28). The summed E-state index contributed by atoms with van der Waals surface area (Å²) in [6, 6.07) is 20.1. The molecule has 0 atom stereocenters. The molecule has 3 aromatic carbocycles. The number of aliphatic carboxylic acids is 1. The highest BCUT2D eigenvalue weighted by Gasteiger charge is 2.10. The summed E-state index contributed by atoms with van der Waals surface area (Å²) in [6.07, 6.45) is -0.123. The molecule has 32 heavy (non-hydrogen) atoms. The van der Waals surface area contributed by atoms with Gasteiger partial charge in [0.05, 0.1) is 27.2 Å². The number of anilines is 1. The second kappa shape index (κ2) is 10.9. The fraction of sp³-hybridized carbons (Fsp3) is 0.200. The molecular formula is C25H25NO6. The van der Waals surface area contributed by atoms with Crippen molar-refractivity contribution >= 4 is 17.7 Å². The van der Waals surface area contributed by atoms with Crippen LogP contribution in [0.15, 0.2) is 66.7 Å². The Morgan fingerprint density at radius 3 is 2.34 bits per heavy atom. The van der Waals surface area contributed by atoms with Gasteiger partial charge in [-0.15, -0.1) is 0 Å². The molecule has 0 aliphatic rings. The number of methoxy groups -OCH3 is 2. The summed E-state index contributed by atoms with van der Waals surface area (Å²) in [5.74, 6) is 0.515. The molecule has 0 aromatic heterocycles. The molecule has 3 rings (SSSR count). The first-order valence-electron chi connectivity index (χ1n) is 10.0. The van der Waals surface area contributed by atoms with Crippen LogP contribution in [0.2, 0.25) is 0 Å². The number of rotatable bonds is 9. The molecule has 3 aromatic rings. The maximum Gasteiger partial charge on any atom is 0.411 e. The Balaban J connectivity index is 1.64. The minimum absolute atomic E-state index is 0.0337. The van der Waals surface area contributed by atoms with Crippen molar-refractivity contribution in [3.8, 4) is 22.6 Å². The topological polar surface area (TPSA) is 94.1 Å². The van der Waals surface area contributed by atoms with Crippen molar-refractivity contribution in [3.05, 3.63) is 77.9 Å². The van der Waals surface area contributed by atoms with Gasteiger partial charge in [0.25, 0.3) is 0 Å². The van der Waals surface area contributed by atoms with E-state index < -0.39 is 12.1 Å². The minimum Gasteiger partial charge on any atom is -0.497 e. The first-order valence-corrected chi connectivity index (χ1v) is 10.0. The Morgan fingerprint density at radius 2 is 1.66 bits per heavy atom. The third kappa shape index (κ3) is 6.25. The van der Waals surface area contributed by atoms with Crippen molar-refractivity contribution in [2.24, 2.45) is 0 Å². The summed E-state index contributed by atoms with van der Waals surface area (Å²) in [6.45, 7) is 0.168. The van der Waals surface area contributed by atoms with E-state index in [1.165, 1.54) is 0 Å². The zero-order valence-corrected chi connectivity index (χ0v) is 18.0. The fourth-order valence-corrected chi connectivity index (χ4v) is 3.27. The zero-order valence-electron chi connectivity index (χ0n) is 18.0. The fourth-order valence-electron chi connectivity index (χ4n) is 3.27. The molecule has 7 nitrogen and oxygen atoms in total. The molecule has 2 N–H and O–H groups in total. The van der Waals surface area contributed by atoms with E-state index in [2.05, 4.69) is 5.32 Å². The number of hydrogen-bond donors (Lipinski definition) is 2. The largest absolute Gasteiger partial charge is 0.497 e. The first kappa shape index (κ1) is 22.7. The lowest BCUT2D eigenvalue weighted by molar-refractivity contribution is -0.136. The van der Waals surface area contributed by atoms with Crippen LogP contribution in [0.1, 0.15) is 11.1 Å². The predicted molar refractivity (Wildman–Crippen MR) is 121 cm³/mol. The predicted octanol–water partition coefficient (Wildman–Crippen LogP) is 4.79. The van der Waals surface area contributed by atoms with E-state index in [4.69, 9.17) is 19.3 Å². The van der Waals surface area contributed by atoms with Crippen LogP contribution in [0.25, 0.3) is 11.1 Å². The van der Waals surface area contributed by atoms with Gasteiger partial charge in [-0.2, -0.15) is 0 Å². The summed E-state index contributed by atoms with van der Waals surface area (Å²) in [4.78, 5) is 23.1. The number of carbonyl (C=O) groups excluding carboxylic acids is 1. The van der Waals surface area contributed by atoms with Gasteiger partial charge in [-0.1, -0.05) is 30.3 Å². The first-order chi connectivity index (χ1) is 15.5. The van der Waals surface area contributed by atoms with Crippen molar-refractivity contribution in [1.29, 1.82) is 0 Å². The van der Waals surface area contributed by atoms with Gasteiger partial charge in [0.1, 0.15) is 11.5 Å². The normalized spacial score (nSPS) is 10.3. The number of ether oxygens (including phenoxy) is 3. The second-order valence-corrected chi connectivity index (χ2v) is 7.04. The zero-order chi connectivity index (χ0) is 22.9. The number of nitrogens with one attached hydrogen (secondary N) is 1. The van der Waals surface area contributed by atoms with Crippen LogP contribution in [0.3, 0.4) is 0 Å². The van der Waals surface area contributed by atoms with E-state index in [9.17, 15) is 9.59 Å². The number of carboxylic acid groups (broad SMARTS) is 1. The molecule has 0 saturated heterocycles. The van der Waals surface area contributed by atoms with Gasteiger partial charge < -0.3 is 19.3 Å². The van der Waals surface area contributed by atoms with Crippen molar-refractivity contribution in [1.82, 2.24) is 0 Å². The van der Waals surface area contributed by atoms with E-state index >= 15 is 0 Å².